The molecule has 0 atom stereocenters. The van der Waals surface area contributed by atoms with Crippen molar-refractivity contribution in [3.63, 3.8) is 0 Å². The molecule has 2 aliphatic heterocycles. The van der Waals surface area contributed by atoms with Crippen LogP contribution < -0.4 is 9.47 Å². The van der Waals surface area contributed by atoms with Gasteiger partial charge in [-0.15, -0.1) is 0 Å². The first kappa shape index (κ1) is 19.8. The molecule has 0 radical (unpaired) electrons. The van der Waals surface area contributed by atoms with Gasteiger partial charge in [-0.05, 0) is 84.0 Å². The number of piperidine rings is 1. The van der Waals surface area contributed by atoms with Crippen LogP contribution in [-0.4, -0.2) is 42.8 Å². The summed E-state index contributed by atoms with van der Waals surface area (Å²) in [6.45, 7) is 1.24. The molecule has 0 spiro atoms. The van der Waals surface area contributed by atoms with E-state index in [-0.39, 0.29) is 12.7 Å². The number of sulfonamides is 1. The van der Waals surface area contributed by atoms with Gasteiger partial charge in [0.25, 0.3) is 0 Å². The fourth-order valence-corrected chi connectivity index (χ4v) is 5.74. The number of fused-ring (bicyclic) bond motifs is 1. The Balaban J connectivity index is 1.28. The average molecular weight is 537 g/mol. The Labute approximate surface area is 188 Å². The van der Waals surface area contributed by atoms with Crippen LogP contribution in [0.1, 0.15) is 24.5 Å². The van der Waals surface area contributed by atoms with E-state index in [2.05, 4.69) is 32.8 Å². The highest BCUT2D eigenvalue weighted by Crippen LogP contribution is 2.37. The molecular weight excluding hydrogens is 517 g/mol. The minimum absolute atomic E-state index is 0.244. The largest absolute Gasteiger partial charge is 0.454 e. The van der Waals surface area contributed by atoms with Crippen molar-refractivity contribution < 1.29 is 17.9 Å². The second kappa shape index (κ2) is 7.86. The van der Waals surface area contributed by atoms with Crippen LogP contribution in [0.5, 0.6) is 11.5 Å². The van der Waals surface area contributed by atoms with Crippen molar-refractivity contribution in [2.45, 2.75) is 23.7 Å². The second-order valence-corrected chi connectivity index (χ2v) is 10.6. The number of aromatic amines is 1. The van der Waals surface area contributed by atoms with E-state index in [0.29, 0.717) is 18.0 Å². The van der Waals surface area contributed by atoms with E-state index in [4.69, 9.17) is 9.47 Å². The van der Waals surface area contributed by atoms with Crippen LogP contribution in [-0.2, 0) is 10.0 Å². The van der Waals surface area contributed by atoms with E-state index in [1.807, 2.05) is 36.4 Å². The third kappa shape index (κ3) is 3.69. The zero-order valence-corrected chi connectivity index (χ0v) is 19.0. The maximum atomic E-state index is 12.9. The lowest BCUT2D eigenvalue weighted by Gasteiger charge is -2.30. The van der Waals surface area contributed by atoms with Crippen molar-refractivity contribution in [3.8, 4) is 22.8 Å². The zero-order valence-electron chi connectivity index (χ0n) is 16.0. The number of aromatic nitrogens is 2. The molecule has 156 valence electrons. The van der Waals surface area contributed by atoms with Crippen LogP contribution in [0.2, 0.25) is 0 Å². The van der Waals surface area contributed by atoms with Gasteiger partial charge in [-0.2, -0.15) is 9.40 Å². The van der Waals surface area contributed by atoms with Crippen LogP contribution in [0.25, 0.3) is 11.3 Å². The number of nitrogens with zero attached hydrogens (tertiary/aromatic N) is 2. The third-order valence-electron chi connectivity index (χ3n) is 5.61. The number of hydrogen-bond donors (Lipinski definition) is 1. The summed E-state index contributed by atoms with van der Waals surface area (Å²) in [6, 6.07) is 14.8. The normalized spacial score (nSPS) is 17.4. The predicted molar refractivity (Wildman–Crippen MR) is 120 cm³/mol. The summed E-state index contributed by atoms with van der Waals surface area (Å²) in [5.74, 6) is 1.73. The Morgan fingerprint density at radius 3 is 2.50 bits per heavy atom. The standard InChI is InChI=1S/C21H20IN3O4S/c22-16-2-4-17(5-3-16)30(26,27)25-9-7-14(8-10-25)18-12-19(24-23-18)15-1-6-20-21(11-15)29-13-28-20/h1-6,11-12,14H,7-10,13H2,(H,23,24). The molecule has 0 aliphatic carbocycles. The summed E-state index contributed by atoms with van der Waals surface area (Å²) < 4.78 is 39.2. The minimum Gasteiger partial charge on any atom is -0.454 e. The van der Waals surface area contributed by atoms with Crippen molar-refractivity contribution in [1.29, 1.82) is 0 Å². The molecule has 0 saturated carbocycles. The van der Waals surface area contributed by atoms with Crippen LogP contribution in [0, 0.1) is 3.57 Å². The Hall–Kier alpha value is -2.11. The topological polar surface area (TPSA) is 84.5 Å². The maximum absolute atomic E-state index is 12.9. The highest BCUT2D eigenvalue weighted by molar-refractivity contribution is 14.1. The van der Waals surface area contributed by atoms with E-state index in [0.717, 1.165) is 44.9 Å². The summed E-state index contributed by atoms with van der Waals surface area (Å²) in [7, 11) is -3.45. The summed E-state index contributed by atoms with van der Waals surface area (Å²) in [4.78, 5) is 0.355. The quantitative estimate of drug-likeness (QED) is 0.510. The first-order valence-corrected chi connectivity index (χ1v) is 12.2. The van der Waals surface area contributed by atoms with Gasteiger partial charge in [0.05, 0.1) is 10.6 Å². The number of ether oxygens (including phenoxy) is 2. The van der Waals surface area contributed by atoms with E-state index in [9.17, 15) is 8.42 Å². The number of benzene rings is 2. The molecule has 0 amide bonds. The monoisotopic (exact) mass is 537 g/mol. The van der Waals surface area contributed by atoms with Crippen LogP contribution in [0.15, 0.2) is 53.4 Å². The van der Waals surface area contributed by atoms with Crippen molar-refractivity contribution in [2.24, 2.45) is 0 Å². The van der Waals surface area contributed by atoms with Gasteiger partial charge in [-0.1, -0.05) is 0 Å². The molecule has 1 N–H and O–H groups in total. The Morgan fingerprint density at radius 2 is 1.73 bits per heavy atom. The average Bonchev–Trinajstić information content (AvgIpc) is 3.43. The molecule has 1 aromatic heterocycles. The molecule has 1 saturated heterocycles. The first-order valence-electron chi connectivity index (χ1n) is 9.72. The summed E-state index contributed by atoms with van der Waals surface area (Å²) in [5.41, 5.74) is 2.84. The fourth-order valence-electron chi connectivity index (χ4n) is 3.91. The number of halogens is 1. The number of hydrogen-bond acceptors (Lipinski definition) is 5. The highest BCUT2D eigenvalue weighted by Gasteiger charge is 2.30. The lowest BCUT2D eigenvalue weighted by molar-refractivity contribution is 0.174. The van der Waals surface area contributed by atoms with Gasteiger partial charge in [0, 0.05) is 33.8 Å². The molecule has 0 bridgehead atoms. The second-order valence-electron chi connectivity index (χ2n) is 7.41. The molecule has 1 fully saturated rings. The molecule has 30 heavy (non-hydrogen) atoms. The molecular formula is C21H20IN3O4S. The van der Waals surface area contributed by atoms with Crippen LogP contribution >= 0.6 is 22.6 Å². The maximum Gasteiger partial charge on any atom is 0.243 e. The smallest absolute Gasteiger partial charge is 0.243 e. The first-order chi connectivity index (χ1) is 14.5. The predicted octanol–water partition coefficient (Wildman–Crippen LogP) is 3.98. The Bertz CT molecular complexity index is 1170. The fraction of sp³-hybridized carbons (Fsp3) is 0.286. The summed E-state index contributed by atoms with van der Waals surface area (Å²) in [5, 5.41) is 7.60. The molecule has 0 unspecified atom stereocenters. The highest BCUT2D eigenvalue weighted by atomic mass is 127. The molecule has 7 nitrogen and oxygen atoms in total. The number of nitrogens with one attached hydrogen (secondary N) is 1. The van der Waals surface area contributed by atoms with Crippen molar-refractivity contribution in [3.05, 3.63) is 57.8 Å². The SMILES string of the molecule is O=S(=O)(c1ccc(I)cc1)N1CCC(c2cc(-c3ccc4c(c3)OCO4)n[nH]2)CC1. The van der Waals surface area contributed by atoms with Crippen LogP contribution in [0.3, 0.4) is 0 Å². The summed E-state index contributed by atoms with van der Waals surface area (Å²) >= 11 is 2.17. The summed E-state index contributed by atoms with van der Waals surface area (Å²) in [6.07, 6.45) is 1.51. The molecule has 2 aliphatic rings. The number of rotatable bonds is 4. The molecule has 9 heteroatoms. The molecule has 3 heterocycles. The van der Waals surface area contributed by atoms with Gasteiger partial charge < -0.3 is 9.47 Å². The molecule has 2 aromatic carbocycles. The van der Waals surface area contributed by atoms with E-state index < -0.39 is 10.0 Å². The van der Waals surface area contributed by atoms with Crippen molar-refractivity contribution in [2.75, 3.05) is 19.9 Å². The van der Waals surface area contributed by atoms with Crippen molar-refractivity contribution in [1.82, 2.24) is 14.5 Å². The van der Waals surface area contributed by atoms with Crippen LogP contribution in [0.4, 0.5) is 0 Å². The Morgan fingerprint density at radius 1 is 1.00 bits per heavy atom. The minimum atomic E-state index is -3.45. The van der Waals surface area contributed by atoms with Gasteiger partial charge in [-0.3, -0.25) is 5.10 Å². The van der Waals surface area contributed by atoms with Gasteiger partial charge in [0.15, 0.2) is 11.5 Å². The lowest BCUT2D eigenvalue weighted by Crippen LogP contribution is -2.37. The van der Waals surface area contributed by atoms with Gasteiger partial charge in [0.1, 0.15) is 0 Å². The van der Waals surface area contributed by atoms with Gasteiger partial charge in [-0.25, -0.2) is 8.42 Å². The van der Waals surface area contributed by atoms with E-state index >= 15 is 0 Å². The zero-order chi connectivity index (χ0) is 20.7. The Kier molecular flexibility index (Phi) is 5.19. The van der Waals surface area contributed by atoms with Crippen molar-refractivity contribution >= 4 is 32.6 Å². The van der Waals surface area contributed by atoms with Gasteiger partial charge >= 0.3 is 0 Å². The lowest BCUT2D eigenvalue weighted by atomic mass is 9.94. The molecule has 5 rings (SSSR count). The molecule has 3 aromatic rings. The van der Waals surface area contributed by atoms with E-state index in [1.54, 1.807) is 16.4 Å². The van der Waals surface area contributed by atoms with E-state index in [1.165, 1.54) is 0 Å². The number of H-pyrrole nitrogens is 1. The van der Waals surface area contributed by atoms with Gasteiger partial charge in [0.2, 0.25) is 16.8 Å². The third-order valence-corrected chi connectivity index (χ3v) is 8.24.